The van der Waals surface area contributed by atoms with Crippen molar-refractivity contribution in [2.75, 3.05) is 0 Å². The first-order chi connectivity index (χ1) is 6.68. The summed E-state index contributed by atoms with van der Waals surface area (Å²) >= 11 is 0. The van der Waals surface area contributed by atoms with E-state index in [-0.39, 0.29) is 0 Å². The van der Waals surface area contributed by atoms with Crippen LogP contribution in [0, 0.1) is 6.92 Å². The highest BCUT2D eigenvalue weighted by atomic mass is 14.7. The Hall–Kier alpha value is -1.44. The lowest BCUT2D eigenvalue weighted by atomic mass is 10.0. The van der Waals surface area contributed by atoms with Gasteiger partial charge in [0, 0.05) is 12.4 Å². The van der Waals surface area contributed by atoms with E-state index in [0.29, 0.717) is 5.92 Å². The average molecular weight is 186 g/mol. The van der Waals surface area contributed by atoms with Gasteiger partial charge in [0.05, 0.1) is 11.0 Å². The van der Waals surface area contributed by atoms with E-state index in [0.717, 1.165) is 16.6 Å². The van der Waals surface area contributed by atoms with Gasteiger partial charge in [-0.05, 0) is 36.1 Å². The molecule has 2 rings (SSSR count). The fourth-order valence-corrected chi connectivity index (χ4v) is 1.62. The molecule has 0 unspecified atom stereocenters. The summed E-state index contributed by atoms with van der Waals surface area (Å²) in [7, 11) is 0. The van der Waals surface area contributed by atoms with Gasteiger partial charge in [0.1, 0.15) is 0 Å². The van der Waals surface area contributed by atoms with Crippen LogP contribution in [0.4, 0.5) is 0 Å². The summed E-state index contributed by atoms with van der Waals surface area (Å²) in [4.78, 5) is 8.76. The van der Waals surface area contributed by atoms with Crippen LogP contribution in [-0.2, 0) is 0 Å². The summed E-state index contributed by atoms with van der Waals surface area (Å²) in [5.41, 5.74) is 4.46. The van der Waals surface area contributed by atoms with Gasteiger partial charge < -0.3 is 0 Å². The second-order valence-electron chi connectivity index (χ2n) is 3.94. The summed E-state index contributed by atoms with van der Waals surface area (Å²) in [5.74, 6) is 0.496. The third-order valence-corrected chi connectivity index (χ3v) is 2.37. The van der Waals surface area contributed by atoms with Crippen LogP contribution < -0.4 is 0 Å². The van der Waals surface area contributed by atoms with Crippen molar-refractivity contribution in [1.82, 2.24) is 9.97 Å². The Balaban J connectivity index is 2.75. The fraction of sp³-hybridized carbons (Fsp3) is 0.333. The summed E-state index contributed by atoms with van der Waals surface area (Å²) in [6.07, 6.45) is 3.76. The third kappa shape index (κ3) is 1.48. The van der Waals surface area contributed by atoms with Crippen molar-refractivity contribution in [3.05, 3.63) is 35.7 Å². The fourth-order valence-electron chi connectivity index (χ4n) is 1.62. The van der Waals surface area contributed by atoms with Gasteiger partial charge in [0.15, 0.2) is 0 Å². The first-order valence-corrected chi connectivity index (χ1v) is 4.90. The zero-order valence-electron chi connectivity index (χ0n) is 8.78. The predicted octanol–water partition coefficient (Wildman–Crippen LogP) is 3.06. The second-order valence-corrected chi connectivity index (χ2v) is 3.94. The molecule has 0 spiro atoms. The number of fused-ring (bicyclic) bond motifs is 1. The maximum Gasteiger partial charge on any atom is 0.0921 e. The summed E-state index contributed by atoms with van der Waals surface area (Å²) in [5, 5.41) is 0. The van der Waals surface area contributed by atoms with Gasteiger partial charge in [-0.25, -0.2) is 0 Å². The van der Waals surface area contributed by atoms with Crippen LogP contribution >= 0.6 is 0 Å². The van der Waals surface area contributed by atoms with Crippen LogP contribution in [0.15, 0.2) is 24.5 Å². The minimum Gasteiger partial charge on any atom is -0.255 e. The molecular weight excluding hydrogens is 172 g/mol. The van der Waals surface area contributed by atoms with Gasteiger partial charge in [-0.1, -0.05) is 13.8 Å². The predicted molar refractivity (Wildman–Crippen MR) is 58.4 cm³/mol. The number of hydrogen-bond donors (Lipinski definition) is 0. The van der Waals surface area contributed by atoms with Crippen LogP contribution in [0.3, 0.4) is 0 Å². The van der Waals surface area contributed by atoms with Crippen LogP contribution in [0.25, 0.3) is 11.0 Å². The van der Waals surface area contributed by atoms with Gasteiger partial charge >= 0.3 is 0 Å². The number of aryl methyl sites for hydroxylation is 1. The molecule has 0 amide bonds. The summed E-state index contributed by atoms with van der Waals surface area (Å²) in [6, 6.07) is 4.13. The van der Waals surface area contributed by atoms with Crippen molar-refractivity contribution in [2.45, 2.75) is 26.7 Å². The molecule has 2 aromatic rings. The molecule has 0 saturated carbocycles. The molecule has 0 radical (unpaired) electrons. The Morgan fingerprint density at radius 1 is 1.21 bits per heavy atom. The zero-order valence-corrected chi connectivity index (χ0v) is 8.78. The first-order valence-electron chi connectivity index (χ1n) is 4.90. The molecule has 0 fully saturated rings. The van der Waals surface area contributed by atoms with E-state index in [1.54, 1.807) is 0 Å². The molecule has 0 atom stereocenters. The lowest BCUT2D eigenvalue weighted by molar-refractivity contribution is 0.870. The van der Waals surface area contributed by atoms with Gasteiger partial charge in [-0.15, -0.1) is 0 Å². The van der Waals surface area contributed by atoms with Crippen molar-refractivity contribution < 1.29 is 0 Å². The van der Waals surface area contributed by atoms with Crippen LogP contribution in [0.1, 0.15) is 30.9 Å². The molecule has 14 heavy (non-hydrogen) atoms. The van der Waals surface area contributed by atoms with Crippen molar-refractivity contribution >= 4 is 11.0 Å². The van der Waals surface area contributed by atoms with Crippen molar-refractivity contribution in [3.63, 3.8) is 0 Å². The van der Waals surface area contributed by atoms with E-state index in [4.69, 9.17) is 0 Å². The molecule has 0 saturated heterocycles. The minimum atomic E-state index is 0.496. The van der Waals surface area contributed by atoms with E-state index in [1.165, 1.54) is 5.56 Å². The highest BCUT2D eigenvalue weighted by Crippen LogP contribution is 2.22. The molecule has 0 bridgehead atoms. The third-order valence-electron chi connectivity index (χ3n) is 2.37. The minimum absolute atomic E-state index is 0.496. The lowest BCUT2D eigenvalue weighted by Gasteiger charge is -2.08. The molecule has 2 heterocycles. The van der Waals surface area contributed by atoms with E-state index in [2.05, 4.69) is 35.9 Å². The Labute approximate surface area is 84.0 Å². The zero-order chi connectivity index (χ0) is 10.1. The molecule has 0 aromatic carbocycles. The second kappa shape index (κ2) is 3.37. The molecule has 0 aliphatic carbocycles. The van der Waals surface area contributed by atoms with Crippen LogP contribution in [0.2, 0.25) is 0 Å². The highest BCUT2D eigenvalue weighted by Gasteiger charge is 2.06. The molecule has 0 N–H and O–H groups in total. The summed E-state index contributed by atoms with van der Waals surface area (Å²) < 4.78 is 0. The van der Waals surface area contributed by atoms with Gasteiger partial charge in [0.25, 0.3) is 0 Å². The van der Waals surface area contributed by atoms with Crippen LogP contribution in [-0.4, -0.2) is 9.97 Å². The maximum atomic E-state index is 4.44. The smallest absolute Gasteiger partial charge is 0.0921 e. The van der Waals surface area contributed by atoms with Crippen LogP contribution in [0.5, 0.6) is 0 Å². The Kier molecular flexibility index (Phi) is 2.20. The molecule has 2 heteroatoms. The lowest BCUT2D eigenvalue weighted by Crippen LogP contribution is -1.93. The quantitative estimate of drug-likeness (QED) is 0.684. The van der Waals surface area contributed by atoms with E-state index in [9.17, 15) is 0 Å². The Morgan fingerprint density at radius 2 is 2.00 bits per heavy atom. The number of aromatic nitrogens is 2. The van der Waals surface area contributed by atoms with Crippen molar-refractivity contribution in [2.24, 2.45) is 0 Å². The standard InChI is InChI=1S/C12H14N2/c1-8(2)10-4-5-13-11-6-9(3)7-14-12(10)11/h4-8H,1-3H3. The number of hydrogen-bond acceptors (Lipinski definition) is 2. The van der Waals surface area contributed by atoms with Crippen molar-refractivity contribution in [1.29, 1.82) is 0 Å². The number of nitrogens with zero attached hydrogens (tertiary/aromatic N) is 2. The maximum absolute atomic E-state index is 4.44. The average Bonchev–Trinajstić information content (AvgIpc) is 2.16. The Bertz CT molecular complexity index is 461. The van der Waals surface area contributed by atoms with E-state index >= 15 is 0 Å². The molecule has 2 aromatic heterocycles. The van der Waals surface area contributed by atoms with Gasteiger partial charge in [0.2, 0.25) is 0 Å². The topological polar surface area (TPSA) is 25.8 Å². The molecule has 2 nitrogen and oxygen atoms in total. The number of pyridine rings is 2. The molecular formula is C12H14N2. The van der Waals surface area contributed by atoms with E-state index < -0.39 is 0 Å². The molecule has 0 aliphatic heterocycles. The first kappa shape index (κ1) is 9.13. The summed E-state index contributed by atoms with van der Waals surface area (Å²) in [6.45, 7) is 6.39. The van der Waals surface area contributed by atoms with Gasteiger partial charge in [-0.2, -0.15) is 0 Å². The number of rotatable bonds is 1. The van der Waals surface area contributed by atoms with E-state index in [1.807, 2.05) is 19.3 Å². The highest BCUT2D eigenvalue weighted by molar-refractivity contribution is 5.78. The van der Waals surface area contributed by atoms with Crippen molar-refractivity contribution in [3.8, 4) is 0 Å². The van der Waals surface area contributed by atoms with Gasteiger partial charge in [-0.3, -0.25) is 9.97 Å². The Morgan fingerprint density at radius 3 is 2.71 bits per heavy atom. The molecule has 0 aliphatic rings. The largest absolute Gasteiger partial charge is 0.255 e. The normalized spacial score (nSPS) is 11.1. The SMILES string of the molecule is Cc1cnc2c(C(C)C)ccnc2c1. The monoisotopic (exact) mass is 186 g/mol. The molecule has 72 valence electrons.